The van der Waals surface area contributed by atoms with Gasteiger partial charge in [-0.3, -0.25) is 4.79 Å². The summed E-state index contributed by atoms with van der Waals surface area (Å²) in [6, 6.07) is 25.7. The van der Waals surface area contributed by atoms with Gasteiger partial charge >= 0.3 is 5.97 Å². The highest BCUT2D eigenvalue weighted by atomic mass is 16.5. The van der Waals surface area contributed by atoms with Crippen LogP contribution in [-0.4, -0.2) is 42.7 Å². The van der Waals surface area contributed by atoms with E-state index in [1.54, 1.807) is 32.4 Å². The fraction of sp³-hybridized carbons (Fsp3) is 0.152. The first-order chi connectivity index (χ1) is 19.9. The Morgan fingerprint density at radius 2 is 1.32 bits per heavy atom. The fourth-order valence-electron chi connectivity index (χ4n) is 4.37. The average Bonchev–Trinajstić information content (AvgIpc) is 3.01. The van der Waals surface area contributed by atoms with Gasteiger partial charge in [-0.15, -0.1) is 0 Å². The smallest absolute Gasteiger partial charge is 0.338 e. The van der Waals surface area contributed by atoms with Crippen molar-refractivity contribution in [2.45, 2.75) is 13.8 Å². The summed E-state index contributed by atoms with van der Waals surface area (Å²) in [6.45, 7) is 3.48. The van der Waals surface area contributed by atoms with Crippen molar-refractivity contribution >= 4 is 28.6 Å². The van der Waals surface area contributed by atoms with Gasteiger partial charge in [0, 0.05) is 16.8 Å². The highest BCUT2D eigenvalue weighted by Gasteiger charge is 2.17. The second kappa shape index (κ2) is 11.9. The standard InChI is InChI=1S/C33H29N3O5/c1-20-6-5-7-27(21(20)2)34-30(37)19-41-33(38)24-12-17-28-29(18-24)36-32(23-10-15-26(40-4)16-11-23)31(35-28)22-8-13-25(39-3)14-9-22/h5-18H,19H2,1-4H3,(H,34,37). The van der Waals surface area contributed by atoms with Crippen LogP contribution in [0.2, 0.25) is 0 Å². The molecule has 0 spiro atoms. The maximum Gasteiger partial charge on any atom is 0.338 e. The first-order valence-electron chi connectivity index (χ1n) is 13.0. The lowest BCUT2D eigenvalue weighted by molar-refractivity contribution is -0.119. The molecule has 5 aromatic rings. The molecule has 8 heteroatoms. The number of esters is 1. The van der Waals surface area contributed by atoms with Gasteiger partial charge in [-0.25, -0.2) is 14.8 Å². The summed E-state index contributed by atoms with van der Waals surface area (Å²) < 4.78 is 15.9. The Bertz CT molecular complexity index is 1730. The maximum absolute atomic E-state index is 12.9. The Kier molecular flexibility index (Phi) is 7.92. The van der Waals surface area contributed by atoms with Crippen molar-refractivity contribution in [3.8, 4) is 34.0 Å². The molecule has 8 nitrogen and oxygen atoms in total. The lowest BCUT2D eigenvalue weighted by atomic mass is 10.0. The highest BCUT2D eigenvalue weighted by molar-refractivity contribution is 5.98. The molecule has 1 amide bonds. The summed E-state index contributed by atoms with van der Waals surface area (Å²) in [5.41, 5.74) is 7.12. The number of hydrogen-bond acceptors (Lipinski definition) is 7. The number of carbonyl (C=O) groups excluding carboxylic acids is 2. The van der Waals surface area contributed by atoms with Gasteiger partial charge in [0.1, 0.15) is 11.5 Å². The number of fused-ring (bicyclic) bond motifs is 1. The number of amides is 1. The summed E-state index contributed by atoms with van der Waals surface area (Å²) >= 11 is 0. The first kappa shape index (κ1) is 27.3. The van der Waals surface area contributed by atoms with Crippen molar-refractivity contribution in [3.63, 3.8) is 0 Å². The number of carbonyl (C=O) groups is 2. The molecule has 0 unspecified atom stereocenters. The molecule has 1 aromatic heterocycles. The van der Waals surface area contributed by atoms with Crippen LogP contribution in [0.5, 0.6) is 11.5 Å². The van der Waals surface area contributed by atoms with E-state index in [9.17, 15) is 9.59 Å². The highest BCUT2D eigenvalue weighted by Crippen LogP contribution is 2.33. The molecule has 0 aliphatic rings. The summed E-state index contributed by atoms with van der Waals surface area (Å²) in [4.78, 5) is 35.1. The van der Waals surface area contributed by atoms with Crippen molar-refractivity contribution in [1.29, 1.82) is 0 Å². The van der Waals surface area contributed by atoms with Crippen molar-refractivity contribution in [3.05, 3.63) is 102 Å². The number of aromatic nitrogens is 2. The lowest BCUT2D eigenvalue weighted by Gasteiger charge is -2.13. The van der Waals surface area contributed by atoms with Gasteiger partial charge < -0.3 is 19.5 Å². The molecular formula is C33H29N3O5. The Morgan fingerprint density at radius 1 is 0.732 bits per heavy atom. The van der Waals surface area contributed by atoms with E-state index >= 15 is 0 Å². The summed E-state index contributed by atoms with van der Waals surface area (Å²) in [5, 5.41) is 2.79. The zero-order valence-electron chi connectivity index (χ0n) is 23.2. The molecule has 5 rings (SSSR count). The number of ether oxygens (including phenoxy) is 3. The van der Waals surface area contributed by atoms with Gasteiger partial charge in [-0.2, -0.15) is 0 Å². The van der Waals surface area contributed by atoms with Gasteiger partial charge in [-0.05, 0) is 97.8 Å². The number of nitrogens with zero attached hydrogens (tertiary/aromatic N) is 2. The van der Waals surface area contributed by atoms with Crippen LogP contribution >= 0.6 is 0 Å². The van der Waals surface area contributed by atoms with Crippen LogP contribution in [0.1, 0.15) is 21.5 Å². The van der Waals surface area contributed by atoms with E-state index in [-0.39, 0.29) is 5.56 Å². The molecule has 0 radical (unpaired) electrons. The van der Waals surface area contributed by atoms with Gasteiger partial charge in [-0.1, -0.05) is 12.1 Å². The molecule has 1 N–H and O–H groups in total. The van der Waals surface area contributed by atoms with Gasteiger partial charge in [0.25, 0.3) is 5.91 Å². The van der Waals surface area contributed by atoms with Crippen LogP contribution in [-0.2, 0) is 9.53 Å². The summed E-state index contributed by atoms with van der Waals surface area (Å²) in [7, 11) is 3.23. The first-order valence-corrected chi connectivity index (χ1v) is 13.0. The molecule has 0 atom stereocenters. The van der Waals surface area contributed by atoms with Crippen LogP contribution in [0, 0.1) is 13.8 Å². The number of hydrogen-bond donors (Lipinski definition) is 1. The van der Waals surface area contributed by atoms with E-state index < -0.39 is 18.5 Å². The molecule has 0 saturated carbocycles. The number of nitrogens with one attached hydrogen (secondary N) is 1. The van der Waals surface area contributed by atoms with E-state index in [0.717, 1.165) is 33.8 Å². The Hall–Kier alpha value is -5.24. The minimum absolute atomic E-state index is 0.268. The molecule has 4 aromatic carbocycles. The molecule has 0 bridgehead atoms. The number of methoxy groups -OCH3 is 2. The van der Waals surface area contributed by atoms with Crippen LogP contribution in [0.25, 0.3) is 33.5 Å². The van der Waals surface area contributed by atoms with Gasteiger partial charge in [0.2, 0.25) is 0 Å². The fourth-order valence-corrected chi connectivity index (χ4v) is 4.37. The van der Waals surface area contributed by atoms with E-state index in [1.165, 1.54) is 0 Å². The molecule has 1 heterocycles. The van der Waals surface area contributed by atoms with Crippen molar-refractivity contribution < 1.29 is 23.8 Å². The second-order valence-corrected chi connectivity index (χ2v) is 9.45. The minimum atomic E-state index is -0.630. The number of aryl methyl sites for hydroxylation is 1. The molecule has 0 aliphatic carbocycles. The summed E-state index contributed by atoms with van der Waals surface area (Å²) in [5.74, 6) is 0.410. The zero-order valence-corrected chi connectivity index (χ0v) is 23.2. The predicted octanol–water partition coefficient (Wildman–Crippen LogP) is 6.39. The average molecular weight is 548 g/mol. The van der Waals surface area contributed by atoms with Gasteiger partial charge in [0.05, 0.1) is 42.2 Å². The van der Waals surface area contributed by atoms with Crippen LogP contribution in [0.4, 0.5) is 5.69 Å². The molecular weight excluding hydrogens is 518 g/mol. The molecule has 0 saturated heterocycles. The molecule has 206 valence electrons. The van der Waals surface area contributed by atoms with Gasteiger partial charge in [0.15, 0.2) is 6.61 Å². The lowest BCUT2D eigenvalue weighted by Crippen LogP contribution is -2.21. The van der Waals surface area contributed by atoms with E-state index in [4.69, 9.17) is 24.2 Å². The molecule has 0 aliphatic heterocycles. The maximum atomic E-state index is 12.9. The number of anilines is 1. The van der Waals surface area contributed by atoms with E-state index in [2.05, 4.69) is 5.32 Å². The third kappa shape index (κ3) is 6.01. The van der Waals surface area contributed by atoms with Crippen LogP contribution in [0.15, 0.2) is 84.9 Å². The van der Waals surface area contributed by atoms with Crippen LogP contribution < -0.4 is 14.8 Å². The van der Waals surface area contributed by atoms with Crippen molar-refractivity contribution in [2.75, 3.05) is 26.1 Å². The third-order valence-electron chi connectivity index (χ3n) is 6.84. The molecule has 41 heavy (non-hydrogen) atoms. The van der Waals surface area contributed by atoms with Crippen LogP contribution in [0.3, 0.4) is 0 Å². The molecule has 0 fully saturated rings. The quantitative estimate of drug-likeness (QED) is 0.225. The topological polar surface area (TPSA) is 99.6 Å². The predicted molar refractivity (Wildman–Crippen MR) is 158 cm³/mol. The zero-order chi connectivity index (χ0) is 28.9. The third-order valence-corrected chi connectivity index (χ3v) is 6.84. The Labute approximate surface area is 237 Å². The second-order valence-electron chi connectivity index (χ2n) is 9.45. The normalized spacial score (nSPS) is 10.7. The summed E-state index contributed by atoms with van der Waals surface area (Å²) in [6.07, 6.45) is 0. The van der Waals surface area contributed by atoms with Crippen molar-refractivity contribution in [2.24, 2.45) is 0 Å². The minimum Gasteiger partial charge on any atom is -0.497 e. The largest absolute Gasteiger partial charge is 0.497 e. The van der Waals surface area contributed by atoms with Crippen molar-refractivity contribution in [1.82, 2.24) is 9.97 Å². The Balaban J connectivity index is 1.43. The number of rotatable bonds is 8. The number of benzene rings is 4. The Morgan fingerprint density at radius 3 is 1.90 bits per heavy atom. The monoisotopic (exact) mass is 547 g/mol. The van der Waals surface area contributed by atoms with E-state index in [1.807, 2.05) is 80.6 Å². The van der Waals surface area contributed by atoms with E-state index in [0.29, 0.717) is 28.1 Å². The SMILES string of the molecule is COc1ccc(-c2nc3ccc(C(=O)OCC(=O)Nc4cccc(C)c4C)cc3nc2-c2ccc(OC)cc2)cc1.